The molecule has 29 heavy (non-hydrogen) atoms. The van der Waals surface area contributed by atoms with Gasteiger partial charge in [-0.2, -0.15) is 4.80 Å². The fourth-order valence-corrected chi connectivity index (χ4v) is 3.49. The number of halogens is 1. The van der Waals surface area contributed by atoms with Crippen LogP contribution in [0.4, 0.5) is 0 Å². The number of benzene rings is 1. The Bertz CT molecular complexity index is 1070. The van der Waals surface area contributed by atoms with Gasteiger partial charge in [0.05, 0.1) is 0 Å². The van der Waals surface area contributed by atoms with Crippen LogP contribution < -0.4 is 0 Å². The summed E-state index contributed by atoms with van der Waals surface area (Å²) in [6.45, 7) is 3.38. The number of esters is 1. The van der Waals surface area contributed by atoms with Gasteiger partial charge in [0, 0.05) is 33.6 Å². The summed E-state index contributed by atoms with van der Waals surface area (Å²) in [6.07, 6.45) is 2.28. The lowest BCUT2D eigenvalue weighted by Gasteiger charge is -2.07. The van der Waals surface area contributed by atoms with Crippen molar-refractivity contribution in [2.45, 2.75) is 39.3 Å². The molecule has 150 valence electrons. The fourth-order valence-electron chi connectivity index (χ4n) is 3.36. The van der Waals surface area contributed by atoms with Gasteiger partial charge in [0.1, 0.15) is 0 Å². The Kier molecular flexibility index (Phi) is 5.19. The molecule has 0 atom stereocenters. The first-order valence-electron chi connectivity index (χ1n) is 9.33. The van der Waals surface area contributed by atoms with Crippen molar-refractivity contribution in [3.8, 4) is 11.4 Å². The molecule has 0 spiro atoms. The summed E-state index contributed by atoms with van der Waals surface area (Å²) >= 11 is 5.86. The van der Waals surface area contributed by atoms with E-state index in [1.54, 1.807) is 24.3 Å². The molecule has 1 saturated carbocycles. The molecule has 0 saturated heterocycles. The normalized spacial score (nSPS) is 13.5. The van der Waals surface area contributed by atoms with E-state index in [9.17, 15) is 9.59 Å². The number of hydrogen-bond acceptors (Lipinski definition) is 6. The number of aromatic nitrogens is 5. The van der Waals surface area contributed by atoms with Crippen LogP contribution in [0.5, 0.6) is 0 Å². The highest BCUT2D eigenvalue weighted by atomic mass is 35.5. The van der Waals surface area contributed by atoms with Crippen LogP contribution in [-0.2, 0) is 16.1 Å². The zero-order valence-corrected chi connectivity index (χ0v) is 16.9. The van der Waals surface area contributed by atoms with Gasteiger partial charge in [-0.1, -0.05) is 11.6 Å². The van der Waals surface area contributed by atoms with Crippen LogP contribution in [0.15, 0.2) is 30.3 Å². The van der Waals surface area contributed by atoms with Crippen molar-refractivity contribution in [3.05, 3.63) is 52.3 Å². The number of tetrazole rings is 1. The van der Waals surface area contributed by atoms with E-state index in [2.05, 4.69) is 20.0 Å². The van der Waals surface area contributed by atoms with Crippen LogP contribution in [0.1, 0.15) is 40.6 Å². The topological polar surface area (TPSA) is 91.9 Å². The van der Waals surface area contributed by atoms with Gasteiger partial charge in [-0.15, -0.1) is 10.2 Å². The lowest BCUT2D eigenvalue weighted by atomic mass is 10.1. The van der Waals surface area contributed by atoms with Crippen LogP contribution in [0.2, 0.25) is 5.02 Å². The van der Waals surface area contributed by atoms with Crippen molar-refractivity contribution in [2.75, 3.05) is 6.61 Å². The molecule has 8 nitrogen and oxygen atoms in total. The van der Waals surface area contributed by atoms with Gasteiger partial charge in [0.15, 0.2) is 13.2 Å². The van der Waals surface area contributed by atoms with Crippen LogP contribution >= 0.6 is 11.6 Å². The molecule has 2 aromatic heterocycles. The standard InChI is InChI=1S/C20H20ClN5O3/c1-12-9-17(13(2)26(12)16-7-8-16)18(27)11-29-19(28)10-25-23-20(22-24-25)14-3-5-15(21)6-4-14/h3-6,9,16H,7-8,10-11H2,1-2H3. The molecule has 1 aliphatic carbocycles. The molecule has 4 rings (SSSR count). The maximum Gasteiger partial charge on any atom is 0.330 e. The number of Topliss-reactive ketones (excluding diaryl/α,β-unsaturated/α-hetero) is 1. The number of carbonyl (C=O) groups is 2. The van der Waals surface area contributed by atoms with Crippen molar-refractivity contribution < 1.29 is 14.3 Å². The molecule has 1 fully saturated rings. The number of rotatable bonds is 7. The lowest BCUT2D eigenvalue weighted by Crippen LogP contribution is -2.20. The number of ether oxygens (including phenoxy) is 1. The molecule has 0 amide bonds. The predicted octanol–water partition coefficient (Wildman–Crippen LogP) is 3.17. The summed E-state index contributed by atoms with van der Waals surface area (Å²) in [6, 6.07) is 9.32. The third-order valence-electron chi connectivity index (χ3n) is 4.89. The van der Waals surface area contributed by atoms with Crippen molar-refractivity contribution >= 4 is 23.4 Å². The average molecular weight is 414 g/mol. The van der Waals surface area contributed by atoms with Gasteiger partial charge in [-0.25, -0.2) is 4.79 Å². The highest BCUT2D eigenvalue weighted by Gasteiger charge is 2.28. The second-order valence-corrected chi connectivity index (χ2v) is 7.56. The molecular formula is C20H20ClN5O3. The Balaban J connectivity index is 1.34. The van der Waals surface area contributed by atoms with Crippen molar-refractivity contribution in [3.63, 3.8) is 0 Å². The van der Waals surface area contributed by atoms with Gasteiger partial charge >= 0.3 is 5.97 Å². The molecule has 0 radical (unpaired) electrons. The Morgan fingerprint density at radius 1 is 1.21 bits per heavy atom. The van der Waals surface area contributed by atoms with E-state index in [0.717, 1.165) is 34.6 Å². The molecule has 2 heterocycles. The molecule has 0 unspecified atom stereocenters. The fraction of sp³-hybridized carbons (Fsp3) is 0.350. The maximum absolute atomic E-state index is 12.5. The Labute approximate surface area is 172 Å². The highest BCUT2D eigenvalue weighted by Crippen LogP contribution is 2.38. The zero-order valence-electron chi connectivity index (χ0n) is 16.1. The Hall–Kier alpha value is -3.00. The van der Waals surface area contributed by atoms with E-state index in [1.165, 1.54) is 0 Å². The lowest BCUT2D eigenvalue weighted by molar-refractivity contribution is -0.143. The van der Waals surface area contributed by atoms with Crippen LogP contribution in [0.25, 0.3) is 11.4 Å². The predicted molar refractivity (Wildman–Crippen MR) is 106 cm³/mol. The molecule has 0 N–H and O–H groups in total. The van der Waals surface area contributed by atoms with Crippen molar-refractivity contribution in [1.82, 2.24) is 24.8 Å². The summed E-state index contributed by atoms with van der Waals surface area (Å²) < 4.78 is 7.32. The van der Waals surface area contributed by atoms with Gasteiger partial charge in [-0.3, -0.25) is 4.79 Å². The van der Waals surface area contributed by atoms with E-state index in [1.807, 2.05) is 19.9 Å². The van der Waals surface area contributed by atoms with Gasteiger partial charge in [0.2, 0.25) is 11.6 Å². The molecule has 0 aliphatic heterocycles. The third-order valence-corrected chi connectivity index (χ3v) is 5.14. The zero-order chi connectivity index (χ0) is 20.5. The largest absolute Gasteiger partial charge is 0.456 e. The van der Waals surface area contributed by atoms with E-state index < -0.39 is 5.97 Å². The Morgan fingerprint density at radius 3 is 2.62 bits per heavy atom. The van der Waals surface area contributed by atoms with Crippen LogP contribution in [0.3, 0.4) is 0 Å². The minimum Gasteiger partial charge on any atom is -0.456 e. The summed E-state index contributed by atoms with van der Waals surface area (Å²) in [4.78, 5) is 25.7. The maximum atomic E-state index is 12.5. The third kappa shape index (κ3) is 4.22. The first-order valence-corrected chi connectivity index (χ1v) is 9.71. The minimum atomic E-state index is -0.602. The monoisotopic (exact) mass is 413 g/mol. The summed E-state index contributed by atoms with van der Waals surface area (Å²) in [5.41, 5.74) is 3.32. The number of hydrogen-bond donors (Lipinski definition) is 0. The van der Waals surface area contributed by atoms with Gasteiger partial charge < -0.3 is 9.30 Å². The number of nitrogens with zero attached hydrogens (tertiary/aromatic N) is 5. The molecular weight excluding hydrogens is 394 g/mol. The van der Waals surface area contributed by atoms with Gasteiger partial charge in [0.25, 0.3) is 0 Å². The first kappa shape index (κ1) is 19.3. The van der Waals surface area contributed by atoms with Crippen LogP contribution in [0, 0.1) is 13.8 Å². The van der Waals surface area contributed by atoms with E-state index in [-0.39, 0.29) is 18.9 Å². The number of aryl methyl sites for hydroxylation is 1. The number of ketones is 1. The molecule has 0 bridgehead atoms. The minimum absolute atomic E-state index is 0.216. The van der Waals surface area contributed by atoms with E-state index >= 15 is 0 Å². The molecule has 1 aromatic carbocycles. The number of carbonyl (C=O) groups excluding carboxylic acids is 2. The Morgan fingerprint density at radius 2 is 1.93 bits per heavy atom. The van der Waals surface area contributed by atoms with Gasteiger partial charge in [-0.05, 0) is 62.2 Å². The second kappa shape index (κ2) is 7.79. The summed E-state index contributed by atoms with van der Waals surface area (Å²) in [5.74, 6) is -0.445. The highest BCUT2D eigenvalue weighted by molar-refractivity contribution is 6.30. The second-order valence-electron chi connectivity index (χ2n) is 7.12. The summed E-state index contributed by atoms with van der Waals surface area (Å²) in [7, 11) is 0. The van der Waals surface area contributed by atoms with Crippen molar-refractivity contribution in [1.29, 1.82) is 0 Å². The van der Waals surface area contributed by atoms with Crippen LogP contribution in [-0.4, -0.2) is 43.1 Å². The molecule has 9 heteroatoms. The van der Waals surface area contributed by atoms with E-state index in [4.69, 9.17) is 16.3 Å². The summed E-state index contributed by atoms with van der Waals surface area (Å²) in [5, 5.41) is 12.5. The van der Waals surface area contributed by atoms with E-state index in [0.29, 0.717) is 22.5 Å². The molecule has 3 aromatic rings. The quantitative estimate of drug-likeness (QED) is 0.436. The smallest absolute Gasteiger partial charge is 0.330 e. The first-order chi connectivity index (χ1) is 13.9. The van der Waals surface area contributed by atoms with Crippen molar-refractivity contribution in [2.24, 2.45) is 0 Å². The molecule has 1 aliphatic rings. The SMILES string of the molecule is Cc1cc(C(=O)COC(=O)Cn2nnc(-c3ccc(Cl)cc3)n2)c(C)n1C1CC1. The average Bonchev–Trinajstić information content (AvgIpc) is 3.34.